The van der Waals surface area contributed by atoms with Gasteiger partial charge in [-0.2, -0.15) is 0 Å². The second kappa shape index (κ2) is 9.75. The van der Waals surface area contributed by atoms with Crippen LogP contribution in [0.25, 0.3) is 11.0 Å². The highest BCUT2D eigenvalue weighted by atomic mass is 16.5. The topological polar surface area (TPSA) is 89.5 Å². The molecule has 2 unspecified atom stereocenters. The Balaban J connectivity index is 1.41. The molecule has 1 saturated heterocycles. The van der Waals surface area contributed by atoms with Gasteiger partial charge in [-0.1, -0.05) is 25.1 Å². The smallest absolute Gasteiger partial charge is 0.191 e. The molecule has 1 aliphatic heterocycles. The number of fused-ring (bicyclic) bond motifs is 1. The first-order chi connectivity index (χ1) is 14.7. The molecule has 8 heteroatoms. The Hall–Kier alpha value is -2.87. The lowest BCUT2D eigenvalue weighted by molar-refractivity contribution is 0.187. The quantitative estimate of drug-likeness (QED) is 0.438. The Kier molecular flexibility index (Phi) is 6.63. The van der Waals surface area contributed by atoms with E-state index < -0.39 is 0 Å². The molecule has 0 aliphatic carbocycles. The molecular formula is C22H30N6O2. The van der Waals surface area contributed by atoms with Gasteiger partial charge in [0.05, 0.1) is 12.6 Å². The van der Waals surface area contributed by atoms with Crippen molar-refractivity contribution in [2.45, 2.75) is 39.3 Å². The predicted octanol–water partition coefficient (Wildman–Crippen LogP) is 2.92. The molecule has 4 rings (SSSR count). The number of para-hydroxylation sites is 1. The number of hydrogen-bond acceptors (Lipinski definition) is 5. The van der Waals surface area contributed by atoms with Crippen LogP contribution in [0.5, 0.6) is 0 Å². The first-order valence-electron chi connectivity index (χ1n) is 10.7. The van der Waals surface area contributed by atoms with Crippen LogP contribution in [0.3, 0.4) is 0 Å². The van der Waals surface area contributed by atoms with Crippen LogP contribution in [0.4, 0.5) is 0 Å². The summed E-state index contributed by atoms with van der Waals surface area (Å²) in [4.78, 5) is 4.82. The van der Waals surface area contributed by atoms with E-state index in [1.54, 1.807) is 6.33 Å². The summed E-state index contributed by atoms with van der Waals surface area (Å²) in [5.74, 6) is 3.14. The van der Waals surface area contributed by atoms with Crippen LogP contribution in [0.15, 0.2) is 46.1 Å². The first kappa shape index (κ1) is 20.4. The molecule has 1 aliphatic rings. The summed E-state index contributed by atoms with van der Waals surface area (Å²) in [7, 11) is 0. The summed E-state index contributed by atoms with van der Waals surface area (Å²) in [6.45, 7) is 8.04. The van der Waals surface area contributed by atoms with E-state index in [4.69, 9.17) is 14.1 Å². The minimum absolute atomic E-state index is 0.00964. The normalized spacial score (nSPS) is 18.1. The molecule has 3 aromatic rings. The van der Waals surface area contributed by atoms with Crippen molar-refractivity contribution in [3.05, 3.63) is 48.2 Å². The molecule has 0 bridgehead atoms. The van der Waals surface area contributed by atoms with E-state index in [0.29, 0.717) is 5.92 Å². The number of hydrogen-bond donors (Lipinski definition) is 2. The average Bonchev–Trinajstić information content (AvgIpc) is 3.52. The van der Waals surface area contributed by atoms with Gasteiger partial charge in [0.25, 0.3) is 0 Å². The first-order valence-corrected chi connectivity index (χ1v) is 10.7. The summed E-state index contributed by atoms with van der Waals surface area (Å²) in [5, 5.41) is 16.2. The van der Waals surface area contributed by atoms with Gasteiger partial charge in [0.15, 0.2) is 5.96 Å². The lowest BCUT2D eigenvalue weighted by Crippen LogP contribution is -2.40. The van der Waals surface area contributed by atoms with E-state index in [1.807, 2.05) is 18.2 Å². The summed E-state index contributed by atoms with van der Waals surface area (Å²) < 4.78 is 13.6. The number of aryl methyl sites for hydroxylation is 1. The number of rotatable bonds is 8. The van der Waals surface area contributed by atoms with Crippen molar-refractivity contribution in [3.63, 3.8) is 0 Å². The van der Waals surface area contributed by atoms with Crippen LogP contribution >= 0.6 is 0 Å². The van der Waals surface area contributed by atoms with Gasteiger partial charge in [0.1, 0.15) is 23.5 Å². The standard InChI is InChI=1S/C22H30N6O2/c1-3-21-27-25-15-28(21)10-9-23-22(24-13-17-8-11-29-14-17)26-16(2)20-12-18-6-4-5-7-19(18)30-20/h4-7,12,15-17H,3,8-11,13-14H2,1-2H3,(H2,23,24,26). The predicted molar refractivity (Wildman–Crippen MR) is 116 cm³/mol. The Morgan fingerprint density at radius 3 is 3.07 bits per heavy atom. The van der Waals surface area contributed by atoms with E-state index in [1.165, 1.54) is 0 Å². The van der Waals surface area contributed by atoms with Crippen LogP contribution in [-0.2, 0) is 17.7 Å². The fourth-order valence-corrected chi connectivity index (χ4v) is 3.63. The maximum atomic E-state index is 6.02. The Morgan fingerprint density at radius 2 is 2.27 bits per heavy atom. The molecule has 1 aromatic carbocycles. The van der Waals surface area contributed by atoms with Gasteiger partial charge in [0, 0.05) is 44.0 Å². The molecule has 160 valence electrons. The fraction of sp³-hybridized carbons (Fsp3) is 0.500. The second-order valence-electron chi connectivity index (χ2n) is 7.69. The molecule has 0 amide bonds. The van der Waals surface area contributed by atoms with Crippen molar-refractivity contribution >= 4 is 16.9 Å². The highest BCUT2D eigenvalue weighted by molar-refractivity contribution is 5.81. The van der Waals surface area contributed by atoms with E-state index in [2.05, 4.69) is 51.4 Å². The van der Waals surface area contributed by atoms with E-state index >= 15 is 0 Å². The fourth-order valence-electron chi connectivity index (χ4n) is 3.63. The number of furan rings is 1. The minimum Gasteiger partial charge on any atom is -0.459 e. The summed E-state index contributed by atoms with van der Waals surface area (Å²) in [5.41, 5.74) is 0.899. The maximum Gasteiger partial charge on any atom is 0.191 e. The third kappa shape index (κ3) is 4.99. The zero-order chi connectivity index (χ0) is 20.8. The number of guanidine groups is 1. The van der Waals surface area contributed by atoms with E-state index in [0.717, 1.165) is 74.2 Å². The molecule has 8 nitrogen and oxygen atoms in total. The molecule has 3 heterocycles. The lowest BCUT2D eigenvalue weighted by atomic mass is 10.1. The largest absolute Gasteiger partial charge is 0.459 e. The van der Waals surface area contributed by atoms with Crippen LogP contribution in [-0.4, -0.2) is 47.0 Å². The van der Waals surface area contributed by atoms with Gasteiger partial charge in [0.2, 0.25) is 0 Å². The number of ether oxygens (including phenoxy) is 1. The summed E-state index contributed by atoms with van der Waals surface area (Å²) >= 11 is 0. The Bertz CT molecular complexity index is 940. The number of aromatic nitrogens is 3. The Labute approximate surface area is 176 Å². The maximum absolute atomic E-state index is 6.02. The Morgan fingerprint density at radius 1 is 1.37 bits per heavy atom. The molecule has 0 spiro atoms. The summed E-state index contributed by atoms with van der Waals surface area (Å²) in [6.07, 6.45) is 3.71. The third-order valence-electron chi connectivity index (χ3n) is 5.41. The van der Waals surface area contributed by atoms with Crippen LogP contribution in [0.2, 0.25) is 0 Å². The van der Waals surface area contributed by atoms with Gasteiger partial charge in [-0.15, -0.1) is 10.2 Å². The number of aliphatic imine (C=N–C) groups is 1. The number of nitrogens with one attached hydrogen (secondary N) is 2. The molecule has 2 aromatic heterocycles. The van der Waals surface area contributed by atoms with Crippen molar-refractivity contribution < 1.29 is 9.15 Å². The van der Waals surface area contributed by atoms with Crippen LogP contribution in [0.1, 0.15) is 37.9 Å². The highest BCUT2D eigenvalue weighted by Gasteiger charge is 2.17. The van der Waals surface area contributed by atoms with Crippen LogP contribution < -0.4 is 10.6 Å². The van der Waals surface area contributed by atoms with Crippen molar-refractivity contribution in [3.8, 4) is 0 Å². The third-order valence-corrected chi connectivity index (χ3v) is 5.41. The number of nitrogens with zero attached hydrogens (tertiary/aromatic N) is 4. The lowest BCUT2D eigenvalue weighted by Gasteiger charge is -2.18. The molecule has 0 radical (unpaired) electrons. The second-order valence-corrected chi connectivity index (χ2v) is 7.69. The highest BCUT2D eigenvalue weighted by Crippen LogP contribution is 2.23. The molecule has 30 heavy (non-hydrogen) atoms. The molecule has 1 fully saturated rings. The van der Waals surface area contributed by atoms with Gasteiger partial charge in [-0.3, -0.25) is 4.99 Å². The molecule has 2 N–H and O–H groups in total. The van der Waals surface area contributed by atoms with Gasteiger partial charge in [-0.05, 0) is 25.5 Å². The van der Waals surface area contributed by atoms with Crippen LogP contribution in [0, 0.1) is 5.92 Å². The van der Waals surface area contributed by atoms with Crippen molar-refractivity contribution in [1.82, 2.24) is 25.4 Å². The monoisotopic (exact) mass is 410 g/mol. The number of benzene rings is 1. The summed E-state index contributed by atoms with van der Waals surface area (Å²) in [6, 6.07) is 10.1. The van der Waals surface area contributed by atoms with Crippen molar-refractivity contribution in [2.24, 2.45) is 10.9 Å². The average molecular weight is 411 g/mol. The zero-order valence-corrected chi connectivity index (χ0v) is 17.7. The SMILES string of the molecule is CCc1nncn1CCNC(=NCC1CCOC1)NC(C)c1cc2ccccc2o1. The minimum atomic E-state index is -0.00964. The van der Waals surface area contributed by atoms with E-state index in [9.17, 15) is 0 Å². The molecular weight excluding hydrogens is 380 g/mol. The van der Waals surface area contributed by atoms with Crippen molar-refractivity contribution in [1.29, 1.82) is 0 Å². The van der Waals surface area contributed by atoms with Gasteiger partial charge in [-0.25, -0.2) is 0 Å². The van der Waals surface area contributed by atoms with E-state index in [-0.39, 0.29) is 6.04 Å². The van der Waals surface area contributed by atoms with Gasteiger partial charge >= 0.3 is 0 Å². The van der Waals surface area contributed by atoms with Gasteiger partial charge < -0.3 is 24.4 Å². The van der Waals surface area contributed by atoms with Crippen molar-refractivity contribution in [2.75, 3.05) is 26.3 Å². The molecule has 0 saturated carbocycles. The zero-order valence-electron chi connectivity index (χ0n) is 17.7. The molecule has 2 atom stereocenters.